The predicted molar refractivity (Wildman–Crippen MR) is 102 cm³/mol. The van der Waals surface area contributed by atoms with Crippen LogP contribution in [-0.4, -0.2) is 61.7 Å². The Morgan fingerprint density at radius 2 is 1.85 bits per heavy atom. The zero-order valence-electron chi connectivity index (χ0n) is 15.7. The van der Waals surface area contributed by atoms with Crippen molar-refractivity contribution in [3.8, 4) is 0 Å². The van der Waals surface area contributed by atoms with Gasteiger partial charge < -0.3 is 10.2 Å². The second kappa shape index (κ2) is 8.06. The van der Waals surface area contributed by atoms with Crippen LogP contribution in [-0.2, 0) is 14.8 Å². The van der Waals surface area contributed by atoms with Crippen LogP contribution in [0.2, 0.25) is 0 Å². The average Bonchev–Trinajstić information content (AvgIpc) is 3.03. The van der Waals surface area contributed by atoms with Crippen molar-refractivity contribution in [2.24, 2.45) is 0 Å². The van der Waals surface area contributed by atoms with Gasteiger partial charge in [0.2, 0.25) is 15.9 Å². The number of likely N-dealkylation sites (N-methyl/N-ethyl adjacent to an activating group) is 1. The van der Waals surface area contributed by atoms with Crippen molar-refractivity contribution in [2.75, 3.05) is 26.7 Å². The van der Waals surface area contributed by atoms with E-state index in [0.717, 1.165) is 30.6 Å². The van der Waals surface area contributed by atoms with Crippen molar-refractivity contribution in [2.45, 2.75) is 50.5 Å². The minimum atomic E-state index is -3.69. The predicted octanol–water partition coefficient (Wildman–Crippen LogP) is 1.91. The first-order chi connectivity index (χ1) is 12.0. The molecule has 1 aromatic rings. The third-order valence-corrected chi connectivity index (χ3v) is 6.97. The van der Waals surface area contributed by atoms with Crippen molar-refractivity contribution in [1.29, 1.82) is 0 Å². The van der Waals surface area contributed by atoms with Gasteiger partial charge in [0.1, 0.15) is 9.77 Å². The first kappa shape index (κ1) is 20.9. The minimum Gasteiger partial charge on any atom is -0.350 e. The number of amides is 2. The van der Waals surface area contributed by atoms with Gasteiger partial charge in [0.05, 0.1) is 6.54 Å². The normalized spacial score (nSPS) is 16.3. The number of nitrogens with zero attached hydrogens (tertiary/aromatic N) is 2. The smallest absolute Gasteiger partial charge is 0.265 e. The fraction of sp³-hybridized carbons (Fsp3) is 0.647. The van der Waals surface area contributed by atoms with Gasteiger partial charge in [0.25, 0.3) is 5.91 Å². The van der Waals surface area contributed by atoms with Gasteiger partial charge in [-0.15, -0.1) is 11.3 Å². The monoisotopic (exact) mass is 401 g/mol. The Labute approximate surface area is 159 Å². The number of carbonyl (C=O) groups excluding carboxylic acids is 2. The maximum atomic E-state index is 12.9. The molecule has 0 saturated carbocycles. The summed E-state index contributed by atoms with van der Waals surface area (Å²) in [7, 11) is -2.19. The maximum Gasteiger partial charge on any atom is 0.265 e. The van der Waals surface area contributed by atoms with E-state index < -0.39 is 21.5 Å². The number of sulfonamides is 1. The molecule has 26 heavy (non-hydrogen) atoms. The van der Waals surface area contributed by atoms with Crippen LogP contribution in [0.1, 0.15) is 49.7 Å². The van der Waals surface area contributed by atoms with Gasteiger partial charge in [-0.3, -0.25) is 9.59 Å². The molecular formula is C17H27N3O4S2. The van der Waals surface area contributed by atoms with Gasteiger partial charge >= 0.3 is 0 Å². The molecule has 1 saturated heterocycles. The van der Waals surface area contributed by atoms with Crippen LogP contribution in [0.4, 0.5) is 0 Å². The number of carbonyl (C=O) groups is 2. The number of rotatable bonds is 5. The highest BCUT2D eigenvalue weighted by atomic mass is 32.2. The van der Waals surface area contributed by atoms with Crippen LogP contribution in [0.5, 0.6) is 0 Å². The molecule has 0 radical (unpaired) electrons. The molecular weight excluding hydrogens is 374 g/mol. The van der Waals surface area contributed by atoms with Crippen LogP contribution >= 0.6 is 11.3 Å². The third kappa shape index (κ3) is 5.05. The van der Waals surface area contributed by atoms with E-state index in [9.17, 15) is 18.0 Å². The van der Waals surface area contributed by atoms with Gasteiger partial charge in [-0.2, -0.15) is 4.31 Å². The molecule has 0 atom stereocenters. The molecule has 1 aromatic heterocycles. The van der Waals surface area contributed by atoms with Crippen molar-refractivity contribution in [1.82, 2.24) is 14.5 Å². The Balaban J connectivity index is 2.16. The summed E-state index contributed by atoms with van der Waals surface area (Å²) in [6.07, 6.45) is 2.69. The average molecular weight is 402 g/mol. The molecule has 2 amide bonds. The molecule has 9 heteroatoms. The summed E-state index contributed by atoms with van der Waals surface area (Å²) in [5, 5.41) is 4.40. The van der Waals surface area contributed by atoms with Crippen LogP contribution < -0.4 is 5.32 Å². The molecule has 0 unspecified atom stereocenters. The summed E-state index contributed by atoms with van der Waals surface area (Å²) >= 11 is 1.09. The molecule has 2 heterocycles. The Morgan fingerprint density at radius 3 is 2.42 bits per heavy atom. The molecule has 146 valence electrons. The van der Waals surface area contributed by atoms with Crippen LogP contribution in [0.15, 0.2) is 16.3 Å². The van der Waals surface area contributed by atoms with E-state index in [2.05, 4.69) is 5.32 Å². The third-order valence-electron chi connectivity index (χ3n) is 4.00. The number of piperidine rings is 1. The standard InChI is InChI=1S/C17H27N3O4S2/c1-17(2,3)18-14(21)12-19(4)16(22)15-13(8-11-25-15)26(23,24)20-9-6-5-7-10-20/h8,11H,5-7,9-10,12H2,1-4H3,(H,18,21). The van der Waals surface area contributed by atoms with E-state index in [1.165, 1.54) is 22.3 Å². The fourth-order valence-electron chi connectivity index (χ4n) is 2.82. The number of thiophene rings is 1. The maximum absolute atomic E-state index is 12.9. The lowest BCUT2D eigenvalue weighted by atomic mass is 10.1. The largest absolute Gasteiger partial charge is 0.350 e. The molecule has 1 fully saturated rings. The zero-order chi connectivity index (χ0) is 19.5. The molecule has 0 bridgehead atoms. The molecule has 0 spiro atoms. The van der Waals surface area contributed by atoms with Gasteiger partial charge in [-0.25, -0.2) is 8.42 Å². The number of hydrogen-bond donors (Lipinski definition) is 1. The van der Waals surface area contributed by atoms with Crippen LogP contribution in [0.3, 0.4) is 0 Å². The van der Waals surface area contributed by atoms with E-state index in [1.54, 1.807) is 5.38 Å². The van der Waals surface area contributed by atoms with Gasteiger partial charge in [-0.1, -0.05) is 6.42 Å². The molecule has 7 nitrogen and oxygen atoms in total. The minimum absolute atomic E-state index is 0.0393. The molecule has 1 aliphatic heterocycles. The van der Waals surface area contributed by atoms with E-state index in [1.807, 2.05) is 20.8 Å². The Hall–Kier alpha value is -1.45. The van der Waals surface area contributed by atoms with E-state index in [0.29, 0.717) is 13.1 Å². The molecule has 1 N–H and O–H groups in total. The summed E-state index contributed by atoms with van der Waals surface area (Å²) in [6.45, 7) is 6.41. The highest BCUT2D eigenvalue weighted by molar-refractivity contribution is 7.89. The lowest BCUT2D eigenvalue weighted by Gasteiger charge is -2.26. The second-order valence-corrected chi connectivity index (χ2v) is 10.4. The second-order valence-electron chi connectivity index (χ2n) is 7.54. The van der Waals surface area contributed by atoms with Gasteiger partial charge in [0.15, 0.2) is 0 Å². The molecule has 0 aliphatic carbocycles. The van der Waals surface area contributed by atoms with E-state index >= 15 is 0 Å². The Morgan fingerprint density at radius 1 is 1.23 bits per heavy atom. The van der Waals surface area contributed by atoms with Crippen molar-refractivity contribution in [3.63, 3.8) is 0 Å². The van der Waals surface area contributed by atoms with E-state index in [4.69, 9.17) is 0 Å². The topological polar surface area (TPSA) is 86.8 Å². The number of nitrogens with one attached hydrogen (secondary N) is 1. The molecule has 2 rings (SSSR count). The highest BCUT2D eigenvalue weighted by Gasteiger charge is 2.32. The van der Waals surface area contributed by atoms with Crippen LogP contribution in [0, 0.1) is 0 Å². The summed E-state index contributed by atoms with van der Waals surface area (Å²) in [6, 6.07) is 1.48. The highest BCUT2D eigenvalue weighted by Crippen LogP contribution is 2.28. The summed E-state index contributed by atoms with van der Waals surface area (Å²) in [5.41, 5.74) is -0.396. The lowest BCUT2D eigenvalue weighted by molar-refractivity contribution is -0.122. The Bertz CT molecular complexity index is 759. The quantitative estimate of drug-likeness (QED) is 0.816. The van der Waals surface area contributed by atoms with Gasteiger partial charge in [-0.05, 0) is 45.1 Å². The van der Waals surface area contributed by atoms with Crippen LogP contribution in [0.25, 0.3) is 0 Å². The van der Waals surface area contributed by atoms with Crippen molar-refractivity contribution >= 4 is 33.2 Å². The summed E-state index contributed by atoms with van der Waals surface area (Å²) < 4.78 is 27.2. The SMILES string of the molecule is CN(CC(=O)NC(C)(C)C)C(=O)c1sccc1S(=O)(=O)N1CCCCC1. The number of hydrogen-bond acceptors (Lipinski definition) is 5. The fourth-order valence-corrected chi connectivity index (χ4v) is 5.73. The van der Waals surface area contributed by atoms with E-state index in [-0.39, 0.29) is 22.2 Å². The Kier molecular flexibility index (Phi) is 6.46. The molecule has 0 aromatic carbocycles. The van der Waals surface area contributed by atoms with Gasteiger partial charge in [0, 0.05) is 25.7 Å². The first-order valence-corrected chi connectivity index (χ1v) is 11.0. The first-order valence-electron chi connectivity index (χ1n) is 8.66. The van der Waals surface area contributed by atoms with Crippen molar-refractivity contribution < 1.29 is 18.0 Å². The lowest BCUT2D eigenvalue weighted by Crippen LogP contribution is -2.46. The van der Waals surface area contributed by atoms with Crippen molar-refractivity contribution in [3.05, 3.63) is 16.3 Å². The zero-order valence-corrected chi connectivity index (χ0v) is 17.4. The summed E-state index contributed by atoms with van der Waals surface area (Å²) in [4.78, 5) is 26.2. The summed E-state index contributed by atoms with van der Waals surface area (Å²) in [5.74, 6) is -0.745. The molecule has 1 aliphatic rings.